The van der Waals surface area contributed by atoms with Crippen molar-refractivity contribution in [1.82, 2.24) is 5.32 Å². The van der Waals surface area contributed by atoms with E-state index in [4.69, 9.17) is 0 Å². The van der Waals surface area contributed by atoms with E-state index in [0.29, 0.717) is 6.04 Å². The summed E-state index contributed by atoms with van der Waals surface area (Å²) in [7, 11) is 0. The van der Waals surface area contributed by atoms with Gasteiger partial charge in [0.05, 0.1) is 0 Å². The van der Waals surface area contributed by atoms with Gasteiger partial charge in [-0.05, 0) is 0 Å². The number of rotatable bonds is 16. The van der Waals surface area contributed by atoms with Crippen LogP contribution in [0.4, 0.5) is 0 Å². The molecule has 3 heteroatoms. The third kappa shape index (κ3) is 10.5. The van der Waals surface area contributed by atoms with E-state index in [2.05, 4.69) is 55.4 Å². The van der Waals surface area contributed by atoms with Gasteiger partial charge in [-0.2, -0.15) is 0 Å². The molecule has 0 aliphatic carbocycles. The number of unbranched alkanes of at least 4 members (excludes halogenated alkanes) is 6. The molecule has 0 rings (SSSR count). The maximum absolute atomic E-state index is 4.25. The molecule has 1 nitrogen and oxygen atoms in total. The van der Waals surface area contributed by atoms with Crippen molar-refractivity contribution < 1.29 is 0 Å². The molecule has 0 radical (unpaired) electrons. The van der Waals surface area contributed by atoms with E-state index in [1.807, 2.05) is 0 Å². The fourth-order valence-corrected chi connectivity index (χ4v) is 7.52. The Kier molecular flexibility index (Phi) is 13.6. The Hall–Kier alpha value is 0.870. The number of hydrogen-bond acceptors (Lipinski definition) is 1. The van der Waals surface area contributed by atoms with Crippen LogP contribution in [0.5, 0.6) is 0 Å². The van der Waals surface area contributed by atoms with Crippen LogP contribution in [0.1, 0.15) is 92.4 Å². The van der Waals surface area contributed by atoms with E-state index in [0.717, 1.165) is 0 Å². The van der Waals surface area contributed by atoms with Gasteiger partial charge in [0, 0.05) is 0 Å². The summed E-state index contributed by atoms with van der Waals surface area (Å²) < 4.78 is 0. The first-order valence-corrected chi connectivity index (χ1v) is 15.4. The summed E-state index contributed by atoms with van der Waals surface area (Å²) in [5.41, 5.74) is 0. The first-order chi connectivity index (χ1) is 10.9. The molecule has 142 valence electrons. The van der Waals surface area contributed by atoms with Gasteiger partial charge in [-0.25, -0.2) is 0 Å². The molecular formula is C20H45BrNP. The molecule has 0 aromatic heterocycles. The molecule has 1 unspecified atom stereocenters. The van der Waals surface area contributed by atoms with Crippen LogP contribution >= 0.6 is 20.8 Å². The summed E-state index contributed by atoms with van der Waals surface area (Å²) in [6, 6.07) is 0.692. The van der Waals surface area contributed by atoms with E-state index >= 15 is 0 Å². The Balaban J connectivity index is 3.69. The second-order valence-corrected chi connectivity index (χ2v) is 19.6. The number of nitrogens with one attached hydrogen (secondary N) is 1. The van der Waals surface area contributed by atoms with Crippen molar-refractivity contribution >= 4 is 20.8 Å². The standard InChI is InChI=1S/C20H45BrNP/c1-6-10-11-12-13-15-18-22-20(5)17-14-16-19-23(21,7-2,8-3)9-4/h20,22H,6-19H2,1-5H3. The normalized spacial score (nSPS) is 15.3. The van der Waals surface area contributed by atoms with Crippen LogP contribution in [-0.4, -0.2) is 37.2 Å². The van der Waals surface area contributed by atoms with Gasteiger partial charge in [-0.15, -0.1) is 0 Å². The van der Waals surface area contributed by atoms with Crippen molar-refractivity contribution in [3.8, 4) is 0 Å². The van der Waals surface area contributed by atoms with E-state index in [1.54, 1.807) is 0 Å². The molecule has 0 saturated carbocycles. The van der Waals surface area contributed by atoms with Crippen LogP contribution in [0.2, 0.25) is 0 Å². The zero-order valence-electron chi connectivity index (χ0n) is 16.8. The molecule has 0 aliphatic rings. The molecule has 0 aromatic rings. The van der Waals surface area contributed by atoms with Crippen LogP contribution in [-0.2, 0) is 0 Å². The van der Waals surface area contributed by atoms with Crippen molar-refractivity contribution in [3.63, 3.8) is 0 Å². The van der Waals surface area contributed by atoms with Gasteiger partial charge in [0.15, 0.2) is 0 Å². The molecule has 0 spiro atoms. The fraction of sp³-hybridized carbons (Fsp3) is 1.00. The van der Waals surface area contributed by atoms with Gasteiger partial charge in [-0.3, -0.25) is 0 Å². The van der Waals surface area contributed by atoms with Crippen LogP contribution in [0, 0.1) is 0 Å². The van der Waals surface area contributed by atoms with Crippen LogP contribution in [0.25, 0.3) is 0 Å². The fourth-order valence-electron chi connectivity index (χ4n) is 3.46. The second-order valence-electron chi connectivity index (χ2n) is 7.61. The summed E-state index contributed by atoms with van der Waals surface area (Å²) >= 11 is 4.25. The number of hydrogen-bond donors (Lipinski definition) is 1. The van der Waals surface area contributed by atoms with E-state index in [9.17, 15) is 0 Å². The zero-order chi connectivity index (χ0) is 17.6. The Labute approximate surface area is 155 Å². The Morgan fingerprint density at radius 1 is 0.783 bits per heavy atom. The van der Waals surface area contributed by atoms with Gasteiger partial charge in [0.1, 0.15) is 0 Å². The third-order valence-corrected chi connectivity index (χ3v) is 17.8. The predicted octanol–water partition coefficient (Wildman–Crippen LogP) is 7.42. The minimum absolute atomic E-state index is 0.692. The van der Waals surface area contributed by atoms with Gasteiger partial charge in [0.2, 0.25) is 0 Å². The summed E-state index contributed by atoms with van der Waals surface area (Å²) in [6.07, 6.45) is 18.0. The van der Waals surface area contributed by atoms with Crippen molar-refractivity contribution in [1.29, 1.82) is 0 Å². The van der Waals surface area contributed by atoms with Crippen molar-refractivity contribution in [2.75, 3.05) is 31.2 Å². The van der Waals surface area contributed by atoms with E-state index in [-0.39, 0.29) is 0 Å². The number of halogens is 1. The van der Waals surface area contributed by atoms with Gasteiger partial charge in [-0.1, -0.05) is 13.3 Å². The SMILES string of the molecule is CCCCCCCCNC(C)CCCCP(Br)(CC)(CC)CC. The summed E-state index contributed by atoms with van der Waals surface area (Å²) in [6.45, 7) is 13.0. The molecule has 0 saturated heterocycles. The third-order valence-electron chi connectivity index (χ3n) is 6.00. The zero-order valence-corrected chi connectivity index (χ0v) is 19.3. The molecular weight excluding hydrogens is 365 g/mol. The molecule has 0 heterocycles. The molecule has 0 amide bonds. The average Bonchev–Trinajstić information content (AvgIpc) is 2.58. The average molecular weight is 410 g/mol. The van der Waals surface area contributed by atoms with E-state index in [1.165, 1.54) is 89.0 Å². The topological polar surface area (TPSA) is 12.0 Å². The van der Waals surface area contributed by atoms with Crippen LogP contribution in [0.3, 0.4) is 0 Å². The monoisotopic (exact) mass is 409 g/mol. The molecule has 0 aromatic carbocycles. The van der Waals surface area contributed by atoms with Crippen LogP contribution < -0.4 is 5.32 Å². The molecule has 0 fully saturated rings. The molecule has 1 N–H and O–H groups in total. The van der Waals surface area contributed by atoms with Crippen LogP contribution in [0.15, 0.2) is 0 Å². The van der Waals surface area contributed by atoms with Crippen molar-refractivity contribution in [2.45, 2.75) is 98.4 Å². The van der Waals surface area contributed by atoms with Gasteiger partial charge < -0.3 is 0 Å². The minimum atomic E-state index is -1.52. The molecule has 1 atom stereocenters. The molecule has 0 bridgehead atoms. The Morgan fingerprint density at radius 2 is 1.35 bits per heavy atom. The Morgan fingerprint density at radius 3 is 1.91 bits per heavy atom. The van der Waals surface area contributed by atoms with Crippen molar-refractivity contribution in [3.05, 3.63) is 0 Å². The van der Waals surface area contributed by atoms with E-state index < -0.39 is 5.31 Å². The maximum atomic E-state index is 4.25. The van der Waals surface area contributed by atoms with Crippen molar-refractivity contribution in [2.24, 2.45) is 0 Å². The quantitative estimate of drug-likeness (QED) is 0.206. The second kappa shape index (κ2) is 13.1. The van der Waals surface area contributed by atoms with Gasteiger partial charge >= 0.3 is 142 Å². The summed E-state index contributed by atoms with van der Waals surface area (Å²) in [5, 5.41) is 2.20. The summed E-state index contributed by atoms with van der Waals surface area (Å²) in [4.78, 5) is 0. The summed E-state index contributed by atoms with van der Waals surface area (Å²) in [5.74, 6) is 0. The first kappa shape index (κ1) is 23.9. The Bertz CT molecular complexity index is 268. The first-order valence-electron chi connectivity index (χ1n) is 10.4. The molecule has 0 aliphatic heterocycles. The van der Waals surface area contributed by atoms with Gasteiger partial charge in [0.25, 0.3) is 0 Å². The molecule has 23 heavy (non-hydrogen) atoms. The predicted molar refractivity (Wildman–Crippen MR) is 117 cm³/mol.